The maximum absolute atomic E-state index is 14.4. The van der Waals surface area contributed by atoms with Gasteiger partial charge in [0, 0.05) is 29.7 Å². The largest absolute Gasteiger partial charge is 0.477 e. The van der Waals surface area contributed by atoms with Crippen molar-refractivity contribution in [1.29, 1.82) is 5.26 Å². The Morgan fingerprint density at radius 1 is 1.21 bits per heavy atom. The molecule has 1 N–H and O–H groups in total. The molecular formula is C24H23F3N2O4. The molecule has 9 heteroatoms. The Balaban J connectivity index is 2.26. The standard InChI is InChI=1S/C24H23F3N2O4/c1-22(2)5-7-29-8-6-23(3,4)17-18(29)15(22)10-13-16(24(25,26)27)14(21(32)33-19(13)17)9-12(11-28)20(30)31/h9-10H,5-8H2,1-4H3,(H,30,31)/b12-9+. The smallest absolute Gasteiger partial charge is 0.417 e. The van der Waals surface area contributed by atoms with Crippen LogP contribution in [-0.4, -0.2) is 24.2 Å². The van der Waals surface area contributed by atoms with Crippen molar-refractivity contribution in [2.75, 3.05) is 18.0 Å². The number of fused-ring (bicyclic) bond motifs is 2. The average molecular weight is 460 g/mol. The van der Waals surface area contributed by atoms with E-state index >= 15 is 0 Å². The first-order valence-electron chi connectivity index (χ1n) is 10.5. The number of rotatable bonds is 2. The molecule has 3 heterocycles. The minimum absolute atomic E-state index is 0.135. The SMILES string of the molecule is CC1(C)CCN2CCC(C)(C)c3c2c1cc1c(C(F)(F)F)c(/C=C(\C#N)C(=O)O)c(=O)oc31. The van der Waals surface area contributed by atoms with Crippen LogP contribution in [0, 0.1) is 11.3 Å². The van der Waals surface area contributed by atoms with E-state index in [2.05, 4.69) is 4.90 Å². The molecule has 0 atom stereocenters. The molecule has 0 unspecified atom stereocenters. The second-order valence-electron chi connectivity index (χ2n) is 9.93. The van der Waals surface area contributed by atoms with Crippen LogP contribution in [0.25, 0.3) is 17.0 Å². The first-order chi connectivity index (χ1) is 15.2. The summed E-state index contributed by atoms with van der Waals surface area (Å²) in [7, 11) is 0. The van der Waals surface area contributed by atoms with Gasteiger partial charge in [-0.2, -0.15) is 18.4 Å². The number of carboxylic acid groups (broad SMARTS) is 1. The molecule has 2 aliphatic rings. The molecule has 2 aromatic rings. The quantitative estimate of drug-likeness (QED) is 0.386. The molecule has 0 saturated heterocycles. The Morgan fingerprint density at radius 3 is 2.36 bits per heavy atom. The van der Waals surface area contributed by atoms with Gasteiger partial charge in [0.25, 0.3) is 0 Å². The van der Waals surface area contributed by atoms with E-state index in [9.17, 15) is 22.8 Å². The van der Waals surface area contributed by atoms with Gasteiger partial charge in [-0.3, -0.25) is 0 Å². The summed E-state index contributed by atoms with van der Waals surface area (Å²) in [6, 6.07) is 2.75. The van der Waals surface area contributed by atoms with Gasteiger partial charge in [-0.05, 0) is 41.4 Å². The molecule has 6 nitrogen and oxygen atoms in total. The van der Waals surface area contributed by atoms with Gasteiger partial charge in [-0.15, -0.1) is 0 Å². The van der Waals surface area contributed by atoms with E-state index in [1.807, 2.05) is 27.7 Å². The number of hydrogen-bond donors (Lipinski definition) is 1. The molecule has 0 saturated carbocycles. The van der Waals surface area contributed by atoms with Crippen molar-refractivity contribution in [1.82, 2.24) is 0 Å². The van der Waals surface area contributed by atoms with Gasteiger partial charge in [0.15, 0.2) is 0 Å². The first kappa shape index (κ1) is 22.9. The summed E-state index contributed by atoms with van der Waals surface area (Å²) in [5, 5.41) is 17.9. The van der Waals surface area contributed by atoms with Crippen LogP contribution in [0.3, 0.4) is 0 Å². The molecule has 0 radical (unpaired) electrons. The van der Waals surface area contributed by atoms with E-state index in [0.29, 0.717) is 18.1 Å². The lowest BCUT2D eigenvalue weighted by molar-refractivity contribution is -0.137. The highest BCUT2D eigenvalue weighted by Gasteiger charge is 2.45. The zero-order valence-electron chi connectivity index (χ0n) is 18.7. The highest BCUT2D eigenvalue weighted by molar-refractivity contribution is 5.99. The Hall–Kier alpha value is -3.28. The lowest BCUT2D eigenvalue weighted by atomic mass is 9.69. The summed E-state index contributed by atoms with van der Waals surface area (Å²) in [6.45, 7) is 9.27. The highest BCUT2D eigenvalue weighted by Crippen LogP contribution is 2.53. The van der Waals surface area contributed by atoms with Crippen LogP contribution in [0.1, 0.15) is 62.8 Å². The van der Waals surface area contributed by atoms with Gasteiger partial charge < -0.3 is 14.4 Å². The summed E-state index contributed by atoms with van der Waals surface area (Å²) >= 11 is 0. The zero-order chi connectivity index (χ0) is 24.5. The second-order valence-corrected chi connectivity index (χ2v) is 9.93. The molecule has 0 bridgehead atoms. The summed E-state index contributed by atoms with van der Waals surface area (Å²) in [4.78, 5) is 26.2. The summed E-state index contributed by atoms with van der Waals surface area (Å²) < 4.78 is 48.7. The average Bonchev–Trinajstić information content (AvgIpc) is 2.68. The molecule has 1 aromatic carbocycles. The van der Waals surface area contributed by atoms with Gasteiger partial charge in [-0.1, -0.05) is 27.7 Å². The molecular weight excluding hydrogens is 437 g/mol. The molecule has 0 amide bonds. The lowest BCUT2D eigenvalue weighted by Crippen LogP contribution is -2.45. The Morgan fingerprint density at radius 2 is 1.82 bits per heavy atom. The van der Waals surface area contributed by atoms with Crippen molar-refractivity contribution in [3.05, 3.63) is 44.3 Å². The van der Waals surface area contributed by atoms with Crippen LogP contribution in [-0.2, 0) is 21.8 Å². The first-order valence-corrected chi connectivity index (χ1v) is 10.5. The maximum Gasteiger partial charge on any atom is 0.417 e. The van der Waals surface area contributed by atoms with E-state index < -0.39 is 45.3 Å². The molecule has 1 aromatic heterocycles. The van der Waals surface area contributed by atoms with Crippen molar-refractivity contribution in [3.8, 4) is 6.07 Å². The van der Waals surface area contributed by atoms with Crippen molar-refractivity contribution < 1.29 is 27.5 Å². The van der Waals surface area contributed by atoms with E-state index in [1.54, 1.807) is 0 Å². The number of hydrogen-bond acceptors (Lipinski definition) is 5. The van der Waals surface area contributed by atoms with Crippen LogP contribution in [0.4, 0.5) is 18.9 Å². The number of nitrogens with zero attached hydrogens (tertiary/aromatic N) is 2. The van der Waals surface area contributed by atoms with Crippen LogP contribution >= 0.6 is 0 Å². The molecule has 33 heavy (non-hydrogen) atoms. The topological polar surface area (TPSA) is 94.5 Å². The monoisotopic (exact) mass is 460 g/mol. The summed E-state index contributed by atoms with van der Waals surface area (Å²) in [5.74, 6) is -1.73. The molecule has 0 spiro atoms. The minimum atomic E-state index is -4.99. The zero-order valence-corrected chi connectivity index (χ0v) is 18.7. The van der Waals surface area contributed by atoms with Gasteiger partial charge in [-0.25, -0.2) is 9.59 Å². The van der Waals surface area contributed by atoms with E-state index in [1.165, 1.54) is 12.1 Å². The van der Waals surface area contributed by atoms with Gasteiger partial charge in [0.2, 0.25) is 0 Å². The Kier molecular flexibility index (Phi) is 4.93. The number of nitriles is 1. The predicted octanol–water partition coefficient (Wildman–Crippen LogP) is 4.97. The molecule has 2 aliphatic heterocycles. The fourth-order valence-electron chi connectivity index (χ4n) is 4.96. The number of alkyl halides is 3. The predicted molar refractivity (Wildman–Crippen MR) is 116 cm³/mol. The van der Waals surface area contributed by atoms with Gasteiger partial charge in [0.05, 0.1) is 11.1 Å². The van der Waals surface area contributed by atoms with Crippen LogP contribution in [0.2, 0.25) is 0 Å². The molecule has 4 rings (SSSR count). The van der Waals surface area contributed by atoms with E-state index in [0.717, 1.165) is 30.8 Å². The van der Waals surface area contributed by atoms with E-state index in [4.69, 9.17) is 14.8 Å². The minimum Gasteiger partial charge on any atom is -0.477 e. The third-order valence-electron chi connectivity index (χ3n) is 6.86. The van der Waals surface area contributed by atoms with Crippen molar-refractivity contribution in [3.63, 3.8) is 0 Å². The fraction of sp³-hybridized carbons (Fsp3) is 0.458. The summed E-state index contributed by atoms with van der Waals surface area (Å²) in [6.07, 6.45) is -3.13. The summed E-state index contributed by atoms with van der Waals surface area (Å²) in [5.41, 5.74) is -3.58. The number of halogens is 3. The van der Waals surface area contributed by atoms with Crippen LogP contribution in [0.15, 0.2) is 20.9 Å². The van der Waals surface area contributed by atoms with Gasteiger partial charge in [0.1, 0.15) is 17.2 Å². The van der Waals surface area contributed by atoms with Crippen molar-refractivity contribution in [2.45, 2.75) is 57.5 Å². The molecule has 174 valence electrons. The van der Waals surface area contributed by atoms with Crippen molar-refractivity contribution >= 4 is 28.7 Å². The number of benzene rings is 1. The van der Waals surface area contributed by atoms with Crippen LogP contribution in [0.5, 0.6) is 0 Å². The number of carboxylic acids is 1. The molecule has 0 aliphatic carbocycles. The number of carbonyl (C=O) groups is 1. The highest BCUT2D eigenvalue weighted by atomic mass is 19.4. The fourth-order valence-corrected chi connectivity index (χ4v) is 4.96. The Bertz CT molecular complexity index is 1320. The maximum atomic E-state index is 14.4. The number of aliphatic carboxylic acids is 1. The Labute approximate surface area is 187 Å². The number of anilines is 1. The third-order valence-corrected chi connectivity index (χ3v) is 6.86. The normalized spacial score (nSPS) is 19.2. The van der Waals surface area contributed by atoms with Crippen LogP contribution < -0.4 is 10.5 Å². The van der Waals surface area contributed by atoms with Gasteiger partial charge >= 0.3 is 17.8 Å². The lowest BCUT2D eigenvalue weighted by Gasteiger charge is -2.48. The van der Waals surface area contributed by atoms with E-state index in [-0.39, 0.29) is 11.0 Å². The van der Waals surface area contributed by atoms with Crippen molar-refractivity contribution in [2.24, 2.45) is 0 Å². The molecule has 0 fully saturated rings. The second kappa shape index (κ2) is 7.11. The third kappa shape index (κ3) is 3.48.